The maximum Gasteiger partial charge on any atom is 0.243 e. The predicted molar refractivity (Wildman–Crippen MR) is 91.9 cm³/mol. The Balaban J connectivity index is 1.63. The van der Waals surface area contributed by atoms with Crippen molar-refractivity contribution in [2.75, 3.05) is 7.11 Å². The van der Waals surface area contributed by atoms with E-state index < -0.39 is 10.0 Å². The summed E-state index contributed by atoms with van der Waals surface area (Å²) in [6.45, 7) is 1.86. The number of nitrogens with zero attached hydrogens (tertiary/aromatic N) is 4. The normalized spacial score (nSPS) is 26.7. The number of hydrogen-bond donors (Lipinski definition) is 0. The van der Waals surface area contributed by atoms with E-state index >= 15 is 0 Å². The summed E-state index contributed by atoms with van der Waals surface area (Å²) in [7, 11) is -1.92. The average molecular weight is 362 g/mol. The molecule has 0 aliphatic carbocycles. The Morgan fingerprint density at radius 2 is 1.72 bits per heavy atom. The molecule has 8 heteroatoms. The van der Waals surface area contributed by atoms with E-state index in [0.29, 0.717) is 10.6 Å². The van der Waals surface area contributed by atoms with Crippen LogP contribution in [0, 0.1) is 6.92 Å². The highest BCUT2D eigenvalue weighted by Gasteiger charge is 2.48. The molecule has 0 amide bonds. The van der Waals surface area contributed by atoms with Gasteiger partial charge in [-0.1, -0.05) is 0 Å². The molecule has 134 valence electrons. The number of aryl methyl sites for hydroxylation is 1. The van der Waals surface area contributed by atoms with E-state index in [1.807, 2.05) is 6.92 Å². The van der Waals surface area contributed by atoms with Crippen molar-refractivity contribution in [3.05, 3.63) is 36.2 Å². The summed E-state index contributed by atoms with van der Waals surface area (Å²) >= 11 is 0. The van der Waals surface area contributed by atoms with Crippen LogP contribution in [0.5, 0.6) is 5.75 Å². The lowest BCUT2D eigenvalue weighted by atomic mass is 10.0. The molecule has 3 heterocycles. The molecule has 2 aliphatic rings. The minimum absolute atomic E-state index is 0.0159. The third-order valence-corrected chi connectivity index (χ3v) is 7.35. The van der Waals surface area contributed by atoms with Gasteiger partial charge in [-0.3, -0.25) is 0 Å². The lowest BCUT2D eigenvalue weighted by Gasteiger charge is -2.37. The van der Waals surface area contributed by atoms with E-state index in [4.69, 9.17) is 4.74 Å². The van der Waals surface area contributed by atoms with Gasteiger partial charge in [-0.25, -0.2) is 8.42 Å². The highest BCUT2D eigenvalue weighted by atomic mass is 32.2. The standard InChI is InChI=1S/C17H22N4O3S/c1-12-9-16(5-6-17(12)24-2)25(22,23)20-13-3-4-14(20)11-15(10-13)21-18-7-8-19-21/h5-9,13-15H,3-4,10-11H2,1-2H3. The Kier molecular flexibility index (Phi) is 4.04. The van der Waals surface area contributed by atoms with E-state index in [-0.39, 0.29) is 18.1 Å². The summed E-state index contributed by atoms with van der Waals surface area (Å²) in [6.07, 6.45) is 6.67. The fourth-order valence-corrected chi connectivity index (χ4v) is 6.21. The number of benzene rings is 1. The second-order valence-electron chi connectivity index (χ2n) is 6.83. The van der Waals surface area contributed by atoms with Crippen molar-refractivity contribution in [2.45, 2.75) is 55.6 Å². The van der Waals surface area contributed by atoms with E-state index in [0.717, 1.165) is 31.2 Å². The van der Waals surface area contributed by atoms with Gasteiger partial charge in [0.1, 0.15) is 5.75 Å². The lowest BCUT2D eigenvalue weighted by Crippen LogP contribution is -2.47. The molecule has 25 heavy (non-hydrogen) atoms. The third kappa shape index (κ3) is 2.73. The first-order chi connectivity index (χ1) is 12.0. The highest BCUT2D eigenvalue weighted by molar-refractivity contribution is 7.89. The molecule has 1 aromatic heterocycles. The molecular formula is C17H22N4O3S. The van der Waals surface area contributed by atoms with Crippen LogP contribution in [0.15, 0.2) is 35.5 Å². The van der Waals surface area contributed by atoms with Crippen LogP contribution < -0.4 is 4.74 Å². The van der Waals surface area contributed by atoms with Gasteiger partial charge >= 0.3 is 0 Å². The Bertz CT molecular complexity index is 852. The SMILES string of the molecule is COc1ccc(S(=O)(=O)N2C3CCC2CC(n2nccn2)C3)cc1C. The van der Waals surface area contributed by atoms with Crippen LogP contribution in [0.2, 0.25) is 0 Å². The molecule has 2 bridgehead atoms. The van der Waals surface area contributed by atoms with E-state index in [1.54, 1.807) is 46.8 Å². The summed E-state index contributed by atoms with van der Waals surface area (Å²) in [5.74, 6) is 0.699. The minimum Gasteiger partial charge on any atom is -0.496 e. The van der Waals surface area contributed by atoms with Gasteiger partial charge < -0.3 is 4.74 Å². The van der Waals surface area contributed by atoms with Crippen LogP contribution in [0.25, 0.3) is 0 Å². The zero-order chi connectivity index (χ0) is 17.6. The molecule has 7 nitrogen and oxygen atoms in total. The lowest BCUT2D eigenvalue weighted by molar-refractivity contribution is 0.174. The average Bonchev–Trinajstić information content (AvgIpc) is 3.22. The quantitative estimate of drug-likeness (QED) is 0.833. The number of rotatable bonds is 4. The number of aromatic nitrogens is 3. The summed E-state index contributed by atoms with van der Waals surface area (Å²) in [4.78, 5) is 2.07. The second kappa shape index (κ2) is 6.10. The maximum absolute atomic E-state index is 13.2. The van der Waals surface area contributed by atoms with Gasteiger partial charge in [-0.05, 0) is 56.4 Å². The number of piperidine rings is 1. The fraction of sp³-hybridized carbons (Fsp3) is 0.529. The van der Waals surface area contributed by atoms with Crippen molar-refractivity contribution in [3.63, 3.8) is 0 Å². The molecular weight excluding hydrogens is 340 g/mol. The molecule has 0 saturated carbocycles. The van der Waals surface area contributed by atoms with Crippen molar-refractivity contribution in [1.82, 2.24) is 19.3 Å². The van der Waals surface area contributed by atoms with Gasteiger partial charge in [0.05, 0.1) is 30.4 Å². The first-order valence-electron chi connectivity index (χ1n) is 8.54. The highest BCUT2D eigenvalue weighted by Crippen LogP contribution is 2.43. The Morgan fingerprint density at radius 1 is 1.08 bits per heavy atom. The molecule has 2 aliphatic heterocycles. The van der Waals surface area contributed by atoms with Crippen molar-refractivity contribution in [3.8, 4) is 5.75 Å². The fourth-order valence-electron chi connectivity index (χ4n) is 4.23. The van der Waals surface area contributed by atoms with Crippen LogP contribution >= 0.6 is 0 Å². The van der Waals surface area contributed by atoms with Crippen molar-refractivity contribution >= 4 is 10.0 Å². The first kappa shape index (κ1) is 16.5. The van der Waals surface area contributed by atoms with Crippen molar-refractivity contribution < 1.29 is 13.2 Å². The largest absolute Gasteiger partial charge is 0.496 e. The zero-order valence-electron chi connectivity index (χ0n) is 14.4. The minimum atomic E-state index is -3.51. The molecule has 0 spiro atoms. The predicted octanol–water partition coefficient (Wildman–Crippen LogP) is 2.15. The van der Waals surface area contributed by atoms with Gasteiger partial charge in [0.2, 0.25) is 10.0 Å². The molecule has 0 radical (unpaired) electrons. The van der Waals surface area contributed by atoms with Crippen LogP contribution in [0.1, 0.15) is 37.3 Å². The molecule has 1 aromatic carbocycles. The summed E-state index contributed by atoms with van der Waals surface area (Å²) in [5, 5.41) is 8.47. The Labute approximate surface area is 147 Å². The monoisotopic (exact) mass is 362 g/mol. The summed E-state index contributed by atoms with van der Waals surface area (Å²) in [6, 6.07) is 5.28. The number of ether oxygens (including phenoxy) is 1. The van der Waals surface area contributed by atoms with E-state index in [9.17, 15) is 8.42 Å². The molecule has 2 fully saturated rings. The van der Waals surface area contributed by atoms with Crippen LogP contribution in [0.3, 0.4) is 0 Å². The van der Waals surface area contributed by atoms with Crippen LogP contribution in [-0.2, 0) is 10.0 Å². The number of fused-ring (bicyclic) bond motifs is 2. The van der Waals surface area contributed by atoms with Gasteiger partial charge in [0.15, 0.2) is 0 Å². The van der Waals surface area contributed by atoms with Crippen LogP contribution in [0.4, 0.5) is 0 Å². The summed E-state index contributed by atoms with van der Waals surface area (Å²) in [5.41, 5.74) is 0.826. The van der Waals surface area contributed by atoms with Gasteiger partial charge in [-0.15, -0.1) is 0 Å². The zero-order valence-corrected chi connectivity index (χ0v) is 15.2. The number of sulfonamides is 1. The van der Waals surface area contributed by atoms with Crippen LogP contribution in [-0.4, -0.2) is 46.9 Å². The second-order valence-corrected chi connectivity index (χ2v) is 8.67. The Hall–Kier alpha value is -1.93. The smallest absolute Gasteiger partial charge is 0.243 e. The molecule has 2 atom stereocenters. The number of hydrogen-bond acceptors (Lipinski definition) is 5. The van der Waals surface area contributed by atoms with Gasteiger partial charge in [-0.2, -0.15) is 19.3 Å². The van der Waals surface area contributed by atoms with Gasteiger partial charge in [0, 0.05) is 12.1 Å². The van der Waals surface area contributed by atoms with Crippen molar-refractivity contribution in [1.29, 1.82) is 0 Å². The van der Waals surface area contributed by atoms with E-state index in [2.05, 4.69) is 10.2 Å². The molecule has 0 N–H and O–H groups in total. The Morgan fingerprint density at radius 3 is 2.28 bits per heavy atom. The molecule has 2 aromatic rings. The third-order valence-electron chi connectivity index (χ3n) is 5.35. The topological polar surface area (TPSA) is 77.3 Å². The van der Waals surface area contributed by atoms with Gasteiger partial charge in [0.25, 0.3) is 0 Å². The first-order valence-corrected chi connectivity index (χ1v) is 9.98. The molecule has 2 unspecified atom stereocenters. The molecule has 4 rings (SSSR count). The summed E-state index contributed by atoms with van der Waals surface area (Å²) < 4.78 is 33.5. The maximum atomic E-state index is 13.2. The number of methoxy groups -OCH3 is 1. The molecule has 2 saturated heterocycles. The van der Waals surface area contributed by atoms with Crippen molar-refractivity contribution in [2.24, 2.45) is 0 Å². The van der Waals surface area contributed by atoms with E-state index in [1.165, 1.54) is 0 Å².